The van der Waals surface area contributed by atoms with Gasteiger partial charge in [0, 0.05) is 6.08 Å². The monoisotopic (exact) mass is 265 g/mol. The number of benzene rings is 1. The highest BCUT2D eigenvalue weighted by Crippen LogP contribution is 2.32. The van der Waals surface area contributed by atoms with Gasteiger partial charge in [0.05, 0.1) is 10.2 Å². The van der Waals surface area contributed by atoms with Crippen LogP contribution >= 0.6 is 23.1 Å². The molecule has 1 heterocycles. The lowest BCUT2D eigenvalue weighted by atomic mass is 10.3. The van der Waals surface area contributed by atoms with Gasteiger partial charge >= 0.3 is 5.97 Å². The van der Waals surface area contributed by atoms with Crippen molar-refractivity contribution in [3.63, 3.8) is 0 Å². The number of hydrogen-bond acceptors (Lipinski definition) is 5. The van der Waals surface area contributed by atoms with E-state index >= 15 is 0 Å². The van der Waals surface area contributed by atoms with Crippen molar-refractivity contribution in [3.8, 4) is 0 Å². The molecule has 0 aliphatic heterocycles. The molecule has 0 N–H and O–H groups in total. The molecule has 2 aromatic rings. The molecule has 1 aromatic heterocycles. The molecule has 0 spiro atoms. The number of thiazole rings is 1. The van der Waals surface area contributed by atoms with Crippen molar-refractivity contribution in [1.29, 1.82) is 0 Å². The van der Waals surface area contributed by atoms with E-state index in [0.717, 1.165) is 20.6 Å². The molecule has 0 bridgehead atoms. The summed E-state index contributed by atoms with van der Waals surface area (Å²) in [5.41, 5.74) is 0.711. The molecule has 88 valence electrons. The van der Waals surface area contributed by atoms with E-state index in [9.17, 15) is 4.79 Å². The maximum Gasteiger partial charge on any atom is 0.331 e. The van der Waals surface area contributed by atoms with Gasteiger partial charge in [0.2, 0.25) is 0 Å². The van der Waals surface area contributed by atoms with Crippen molar-refractivity contribution in [3.05, 3.63) is 36.9 Å². The van der Waals surface area contributed by atoms with E-state index < -0.39 is 5.97 Å². The van der Waals surface area contributed by atoms with Crippen molar-refractivity contribution in [1.82, 2.24) is 4.98 Å². The highest BCUT2D eigenvalue weighted by atomic mass is 32.2. The normalized spacial score (nSPS) is 12.3. The van der Waals surface area contributed by atoms with Crippen molar-refractivity contribution in [2.45, 2.75) is 16.7 Å². The van der Waals surface area contributed by atoms with Crippen LogP contribution in [0.25, 0.3) is 10.2 Å². The second kappa shape index (κ2) is 5.33. The maximum absolute atomic E-state index is 11.0. The van der Waals surface area contributed by atoms with E-state index in [1.54, 1.807) is 11.3 Å². The van der Waals surface area contributed by atoms with Crippen LogP contribution in [-0.2, 0) is 9.53 Å². The summed E-state index contributed by atoms with van der Waals surface area (Å²) in [4.78, 5) is 15.5. The Kier molecular flexibility index (Phi) is 3.81. The Morgan fingerprint density at radius 1 is 1.59 bits per heavy atom. The Morgan fingerprint density at radius 3 is 3.06 bits per heavy atom. The number of esters is 1. The van der Waals surface area contributed by atoms with Crippen LogP contribution in [0.2, 0.25) is 0 Å². The molecule has 1 unspecified atom stereocenters. The molecule has 0 saturated carbocycles. The van der Waals surface area contributed by atoms with Crippen molar-refractivity contribution < 1.29 is 9.53 Å². The Labute approximate surface area is 108 Å². The average Bonchev–Trinajstić information content (AvgIpc) is 2.70. The van der Waals surface area contributed by atoms with Crippen molar-refractivity contribution in [2.75, 3.05) is 0 Å². The molecule has 5 heteroatoms. The van der Waals surface area contributed by atoms with Gasteiger partial charge in [0.25, 0.3) is 0 Å². The number of hydrogen-bond donors (Lipinski definition) is 0. The fourth-order valence-corrected chi connectivity index (χ4v) is 3.42. The number of rotatable bonds is 4. The summed E-state index contributed by atoms with van der Waals surface area (Å²) in [6, 6.07) is 7.93. The van der Waals surface area contributed by atoms with Crippen LogP contribution in [0.4, 0.5) is 0 Å². The zero-order valence-corrected chi connectivity index (χ0v) is 10.9. The highest BCUT2D eigenvalue weighted by Gasteiger charge is 2.11. The van der Waals surface area contributed by atoms with Gasteiger partial charge in [0.15, 0.2) is 9.78 Å². The number of nitrogens with zero attached hydrogens (tertiary/aromatic N) is 1. The van der Waals surface area contributed by atoms with Gasteiger partial charge in [-0.1, -0.05) is 30.5 Å². The van der Waals surface area contributed by atoms with Crippen LogP contribution in [0.1, 0.15) is 6.92 Å². The number of fused-ring (bicyclic) bond motifs is 1. The lowest BCUT2D eigenvalue weighted by Gasteiger charge is -2.08. The molecule has 1 aromatic carbocycles. The van der Waals surface area contributed by atoms with Crippen molar-refractivity contribution in [2.24, 2.45) is 0 Å². The summed E-state index contributed by atoms with van der Waals surface area (Å²) in [5, 5.41) is 0. The summed E-state index contributed by atoms with van der Waals surface area (Å²) < 4.78 is 7.11. The first kappa shape index (κ1) is 12.1. The van der Waals surface area contributed by atoms with Gasteiger partial charge in [-0.05, 0) is 19.1 Å². The highest BCUT2D eigenvalue weighted by molar-refractivity contribution is 8.01. The van der Waals surface area contributed by atoms with Crippen LogP contribution in [0.15, 0.2) is 41.3 Å². The quantitative estimate of drug-likeness (QED) is 0.367. The molecule has 0 saturated heterocycles. The van der Waals surface area contributed by atoms with E-state index in [4.69, 9.17) is 4.74 Å². The van der Waals surface area contributed by atoms with E-state index in [1.165, 1.54) is 11.8 Å². The van der Waals surface area contributed by atoms with E-state index in [1.807, 2.05) is 31.2 Å². The molecule has 0 aliphatic rings. The van der Waals surface area contributed by atoms with E-state index in [2.05, 4.69) is 11.6 Å². The second-order valence-electron chi connectivity index (χ2n) is 3.27. The standard InChI is InChI=1S/C12H11NO2S2/c1-3-11(14)15-8(2)16-12-13-9-6-4-5-7-10(9)17-12/h3-8H,1H2,2H3. The van der Waals surface area contributed by atoms with E-state index in [0.29, 0.717) is 0 Å². The molecule has 0 fully saturated rings. The third-order valence-corrected chi connectivity index (χ3v) is 4.08. The number of ether oxygens (including phenoxy) is 1. The summed E-state index contributed by atoms with van der Waals surface area (Å²) in [6.07, 6.45) is 1.16. The molecule has 0 amide bonds. The first-order valence-electron chi connectivity index (χ1n) is 5.04. The molecule has 2 rings (SSSR count). The topological polar surface area (TPSA) is 39.2 Å². The number of carbonyl (C=O) groups excluding carboxylic acids is 1. The smallest absolute Gasteiger partial charge is 0.331 e. The molecule has 3 nitrogen and oxygen atoms in total. The lowest BCUT2D eigenvalue weighted by Crippen LogP contribution is -2.08. The third-order valence-electron chi connectivity index (χ3n) is 1.99. The van der Waals surface area contributed by atoms with E-state index in [-0.39, 0.29) is 5.44 Å². The van der Waals surface area contributed by atoms with Gasteiger partial charge in [-0.2, -0.15) is 0 Å². The third kappa shape index (κ3) is 3.08. The largest absolute Gasteiger partial charge is 0.448 e. The van der Waals surface area contributed by atoms with Crippen molar-refractivity contribution >= 4 is 39.3 Å². The van der Waals surface area contributed by atoms with Crippen LogP contribution in [0.5, 0.6) is 0 Å². The Balaban J connectivity index is 2.07. The predicted molar refractivity (Wildman–Crippen MR) is 71.2 cm³/mol. The van der Waals surface area contributed by atoms with Crippen LogP contribution in [0.3, 0.4) is 0 Å². The maximum atomic E-state index is 11.0. The molecule has 1 atom stereocenters. The number of aromatic nitrogens is 1. The molecule has 0 radical (unpaired) electrons. The SMILES string of the molecule is C=CC(=O)OC(C)Sc1nc2ccccc2s1. The fourth-order valence-electron chi connectivity index (χ4n) is 1.28. The van der Waals surface area contributed by atoms with Gasteiger partial charge in [-0.25, -0.2) is 9.78 Å². The summed E-state index contributed by atoms with van der Waals surface area (Å²) in [6.45, 7) is 5.18. The lowest BCUT2D eigenvalue weighted by molar-refractivity contribution is -0.138. The number of para-hydroxylation sites is 1. The number of thioether (sulfide) groups is 1. The fraction of sp³-hybridized carbons (Fsp3) is 0.167. The van der Waals surface area contributed by atoms with Crippen LogP contribution in [0, 0.1) is 0 Å². The first-order chi connectivity index (χ1) is 8.19. The molecular formula is C12H11NO2S2. The first-order valence-corrected chi connectivity index (χ1v) is 6.74. The molecule has 0 aliphatic carbocycles. The minimum atomic E-state index is -0.411. The minimum absolute atomic E-state index is 0.263. The molecule has 17 heavy (non-hydrogen) atoms. The minimum Gasteiger partial charge on any atom is -0.448 e. The Hall–Kier alpha value is -1.33. The zero-order chi connectivity index (χ0) is 12.3. The van der Waals surface area contributed by atoms with Crippen LogP contribution < -0.4 is 0 Å². The zero-order valence-electron chi connectivity index (χ0n) is 9.25. The Morgan fingerprint density at radius 2 is 2.35 bits per heavy atom. The summed E-state index contributed by atoms with van der Waals surface area (Å²) >= 11 is 3.02. The Bertz CT molecular complexity index is 517. The second-order valence-corrected chi connectivity index (χ2v) is 5.85. The molecular weight excluding hydrogens is 254 g/mol. The van der Waals surface area contributed by atoms with Gasteiger partial charge in [-0.3, -0.25) is 0 Å². The summed E-state index contributed by atoms with van der Waals surface area (Å²) in [7, 11) is 0. The van der Waals surface area contributed by atoms with Crippen LogP contribution in [-0.4, -0.2) is 16.4 Å². The predicted octanol–water partition coefficient (Wildman–Crippen LogP) is 3.46. The van der Waals surface area contributed by atoms with Gasteiger partial charge in [0.1, 0.15) is 0 Å². The van der Waals surface area contributed by atoms with Gasteiger partial charge < -0.3 is 4.74 Å². The van der Waals surface area contributed by atoms with Gasteiger partial charge in [-0.15, -0.1) is 11.3 Å². The summed E-state index contributed by atoms with van der Waals surface area (Å²) in [5.74, 6) is -0.411. The number of carbonyl (C=O) groups is 1. The average molecular weight is 265 g/mol.